The van der Waals surface area contributed by atoms with Crippen molar-refractivity contribution in [3.05, 3.63) is 0 Å². The van der Waals surface area contributed by atoms with Crippen LogP contribution in [0, 0.1) is 0 Å². The van der Waals surface area contributed by atoms with E-state index in [1.165, 1.54) is 6.92 Å². The maximum Gasteiger partial charge on any atom is 0.305 e. The highest BCUT2D eigenvalue weighted by Gasteiger charge is 2.15. The van der Waals surface area contributed by atoms with Gasteiger partial charge in [-0.05, 0) is 31.4 Å². The molecule has 0 aromatic rings. The van der Waals surface area contributed by atoms with Gasteiger partial charge in [-0.15, -0.1) is 0 Å². The fraction of sp³-hybridized carbons (Fsp3) is 0.750. The topological polar surface area (TPSA) is 60.4 Å². The number of unbranched alkanes of at least 4 members (excludes halogenated alkanes) is 1. The third-order valence-corrected chi connectivity index (χ3v) is 3.41. The fourth-order valence-corrected chi connectivity index (χ4v) is 2.76. The van der Waals surface area contributed by atoms with Crippen molar-refractivity contribution in [2.24, 2.45) is 0 Å². The number of rotatable bonds is 9. The minimum Gasteiger partial charge on any atom is -0.466 e. The summed E-state index contributed by atoms with van der Waals surface area (Å²) < 4.78 is 4.80. The van der Waals surface area contributed by atoms with E-state index in [-0.39, 0.29) is 22.8 Å². The zero-order valence-corrected chi connectivity index (χ0v) is 12.3. The van der Waals surface area contributed by atoms with Crippen LogP contribution in [-0.2, 0) is 19.1 Å². The lowest BCUT2D eigenvalue weighted by atomic mass is 10.1. The van der Waals surface area contributed by atoms with Crippen molar-refractivity contribution in [1.29, 1.82) is 0 Å². The van der Waals surface area contributed by atoms with Crippen LogP contribution in [0.2, 0.25) is 0 Å². The molecule has 18 heavy (non-hydrogen) atoms. The molecule has 0 fully saturated rings. The summed E-state index contributed by atoms with van der Waals surface area (Å²) in [5.41, 5.74) is 0. The van der Waals surface area contributed by atoms with Crippen LogP contribution in [0.1, 0.15) is 46.0 Å². The molecule has 0 radical (unpaired) electrons. The van der Waals surface area contributed by atoms with Gasteiger partial charge in [0.1, 0.15) is 0 Å². The second-order valence-corrected chi connectivity index (χ2v) is 5.74. The molecule has 6 heteroatoms. The van der Waals surface area contributed by atoms with Gasteiger partial charge in [0.15, 0.2) is 5.12 Å². The molecule has 0 unspecified atom stereocenters. The van der Waals surface area contributed by atoms with Crippen LogP contribution >= 0.6 is 23.4 Å². The predicted octanol–water partition coefficient (Wildman–Crippen LogP) is 2.91. The van der Waals surface area contributed by atoms with Gasteiger partial charge in [-0.1, -0.05) is 18.2 Å². The molecule has 1 atom stereocenters. The van der Waals surface area contributed by atoms with Crippen LogP contribution in [0.25, 0.3) is 0 Å². The van der Waals surface area contributed by atoms with Gasteiger partial charge < -0.3 is 4.74 Å². The number of hydrogen-bond acceptors (Lipinski definition) is 5. The van der Waals surface area contributed by atoms with Gasteiger partial charge in [0.25, 0.3) is 0 Å². The van der Waals surface area contributed by atoms with Crippen molar-refractivity contribution in [3.63, 3.8) is 0 Å². The molecule has 0 aliphatic carbocycles. The molecule has 0 aromatic carbocycles. The summed E-state index contributed by atoms with van der Waals surface area (Å²) in [6.07, 6.45) is 2.73. The number of esters is 1. The molecular weight excluding hydrogens is 276 g/mol. The summed E-state index contributed by atoms with van der Waals surface area (Å²) in [6.45, 7) is 3.63. The Bertz CT molecular complexity index is 278. The first-order chi connectivity index (χ1) is 8.45. The lowest BCUT2D eigenvalue weighted by Gasteiger charge is -2.12. The van der Waals surface area contributed by atoms with E-state index in [0.29, 0.717) is 25.9 Å². The summed E-state index contributed by atoms with van der Waals surface area (Å²) in [5.74, 6) is -0.207. The van der Waals surface area contributed by atoms with E-state index in [1.807, 2.05) is 0 Å². The third kappa shape index (κ3) is 10.6. The van der Waals surface area contributed by atoms with Crippen LogP contribution in [-0.4, -0.2) is 28.2 Å². The molecule has 104 valence electrons. The lowest BCUT2D eigenvalue weighted by Crippen LogP contribution is -2.10. The number of carbonyl (C=O) groups excluding carboxylic acids is 3. The molecule has 0 rings (SSSR count). The smallest absolute Gasteiger partial charge is 0.305 e. The second-order valence-electron chi connectivity index (χ2n) is 3.84. The number of hydrogen-bond donors (Lipinski definition) is 0. The Labute approximate surface area is 117 Å². The zero-order chi connectivity index (χ0) is 14.0. The van der Waals surface area contributed by atoms with Gasteiger partial charge in [0.05, 0.1) is 6.61 Å². The molecule has 0 spiro atoms. The Morgan fingerprint density at radius 2 is 1.94 bits per heavy atom. The van der Waals surface area contributed by atoms with Crippen molar-refractivity contribution in [3.8, 4) is 0 Å². The summed E-state index contributed by atoms with van der Waals surface area (Å²) >= 11 is 6.46. The van der Waals surface area contributed by atoms with E-state index < -0.39 is 5.24 Å². The highest BCUT2D eigenvalue weighted by molar-refractivity contribution is 8.14. The highest BCUT2D eigenvalue weighted by atomic mass is 35.5. The minimum absolute atomic E-state index is 0.0247. The van der Waals surface area contributed by atoms with Gasteiger partial charge in [-0.25, -0.2) is 0 Å². The highest BCUT2D eigenvalue weighted by Crippen LogP contribution is 2.22. The number of thioether (sulfide) groups is 1. The molecule has 0 saturated carbocycles. The molecule has 0 heterocycles. The van der Waals surface area contributed by atoms with E-state index in [1.54, 1.807) is 6.92 Å². The van der Waals surface area contributed by atoms with E-state index >= 15 is 0 Å². The quantitative estimate of drug-likeness (QED) is 0.372. The molecule has 0 amide bonds. The van der Waals surface area contributed by atoms with Crippen molar-refractivity contribution < 1.29 is 19.1 Å². The molecule has 0 N–H and O–H groups in total. The van der Waals surface area contributed by atoms with Crippen LogP contribution < -0.4 is 0 Å². The monoisotopic (exact) mass is 294 g/mol. The predicted molar refractivity (Wildman–Crippen MR) is 72.6 cm³/mol. The van der Waals surface area contributed by atoms with Crippen LogP contribution in [0.15, 0.2) is 0 Å². The first-order valence-corrected chi connectivity index (χ1v) is 7.22. The molecule has 0 aliphatic rings. The Balaban J connectivity index is 3.85. The summed E-state index contributed by atoms with van der Waals surface area (Å²) in [4.78, 5) is 32.9. The third-order valence-electron chi connectivity index (χ3n) is 2.18. The maximum absolute atomic E-state index is 11.1. The van der Waals surface area contributed by atoms with Crippen molar-refractivity contribution in [1.82, 2.24) is 0 Å². The largest absolute Gasteiger partial charge is 0.466 e. The van der Waals surface area contributed by atoms with E-state index in [4.69, 9.17) is 16.3 Å². The van der Waals surface area contributed by atoms with Gasteiger partial charge >= 0.3 is 5.97 Å². The average Bonchev–Trinajstić information content (AvgIpc) is 2.23. The average molecular weight is 295 g/mol. The van der Waals surface area contributed by atoms with Gasteiger partial charge in [-0.3, -0.25) is 14.4 Å². The molecule has 0 aliphatic heterocycles. The van der Waals surface area contributed by atoms with Crippen molar-refractivity contribution in [2.75, 3.05) is 6.61 Å². The molecular formula is C12H19ClO4S. The van der Waals surface area contributed by atoms with Gasteiger partial charge in [0, 0.05) is 25.0 Å². The molecule has 0 aromatic heterocycles. The van der Waals surface area contributed by atoms with Gasteiger partial charge in [-0.2, -0.15) is 0 Å². The van der Waals surface area contributed by atoms with Crippen LogP contribution in [0.3, 0.4) is 0 Å². The maximum atomic E-state index is 11.1. The summed E-state index contributed by atoms with van der Waals surface area (Å²) in [5, 5.41) is -0.544. The second kappa shape index (κ2) is 10.4. The zero-order valence-electron chi connectivity index (χ0n) is 10.7. The number of halogens is 1. The van der Waals surface area contributed by atoms with Crippen molar-refractivity contribution >= 4 is 39.7 Å². The fourth-order valence-electron chi connectivity index (χ4n) is 1.49. The Morgan fingerprint density at radius 1 is 1.28 bits per heavy atom. The first-order valence-electron chi connectivity index (χ1n) is 5.96. The number of carbonyl (C=O) groups is 3. The van der Waals surface area contributed by atoms with Crippen molar-refractivity contribution in [2.45, 2.75) is 51.2 Å². The van der Waals surface area contributed by atoms with E-state index in [2.05, 4.69) is 0 Å². The molecule has 4 nitrogen and oxygen atoms in total. The van der Waals surface area contributed by atoms with E-state index in [9.17, 15) is 14.4 Å². The first kappa shape index (κ1) is 17.4. The van der Waals surface area contributed by atoms with Crippen LogP contribution in [0.5, 0.6) is 0 Å². The van der Waals surface area contributed by atoms with Gasteiger partial charge in [0.2, 0.25) is 5.24 Å². The Hall–Kier alpha value is -0.550. The molecule has 0 saturated heterocycles. The number of ether oxygens (including phenoxy) is 1. The van der Waals surface area contributed by atoms with Crippen LogP contribution in [0.4, 0.5) is 0 Å². The Kier molecular flexibility index (Phi) is 10.1. The lowest BCUT2D eigenvalue weighted by molar-refractivity contribution is -0.143. The summed E-state index contributed by atoms with van der Waals surface area (Å²) in [7, 11) is 0. The van der Waals surface area contributed by atoms with E-state index in [0.717, 1.165) is 18.2 Å². The normalized spacial score (nSPS) is 11.9. The molecule has 0 bridgehead atoms. The standard InChI is InChI=1S/C12H19ClO4S/c1-3-17-12(16)7-5-4-6-10(8-11(13)15)18-9(2)14/h10H,3-8H2,1-2H3/t10-/m0/s1. The SMILES string of the molecule is CCOC(=O)CCCC[C@@H](CC(=O)Cl)SC(C)=O. The Morgan fingerprint density at radius 3 is 2.44 bits per heavy atom. The minimum atomic E-state index is -0.431. The summed E-state index contributed by atoms with van der Waals surface area (Å²) in [6, 6.07) is 0.